The summed E-state index contributed by atoms with van der Waals surface area (Å²) in [5.41, 5.74) is 2.20. The van der Waals surface area contributed by atoms with E-state index in [4.69, 9.17) is 16.3 Å². The van der Waals surface area contributed by atoms with E-state index in [9.17, 15) is 23.1 Å². The van der Waals surface area contributed by atoms with Crippen molar-refractivity contribution in [3.05, 3.63) is 88.0 Å². The van der Waals surface area contributed by atoms with E-state index in [1.54, 1.807) is 58.0 Å². The molecular formula is C31H35ClN4O6S. The molecule has 43 heavy (non-hydrogen) atoms. The number of fused-ring (bicyclic) bond motifs is 1. The first-order valence-corrected chi connectivity index (χ1v) is 15.2. The summed E-state index contributed by atoms with van der Waals surface area (Å²) in [4.78, 5) is 38.9. The van der Waals surface area contributed by atoms with Crippen LogP contribution in [0.2, 0.25) is 5.02 Å². The molecule has 12 heteroatoms. The Kier molecular flexibility index (Phi) is 10.1. The van der Waals surface area contributed by atoms with Crippen molar-refractivity contribution < 1.29 is 27.9 Å². The summed E-state index contributed by atoms with van der Waals surface area (Å²) in [5.74, 6) is -0.920. The molecule has 1 atom stereocenters. The first-order valence-electron chi connectivity index (χ1n) is 13.7. The van der Waals surface area contributed by atoms with Crippen molar-refractivity contribution in [1.29, 1.82) is 0 Å². The van der Waals surface area contributed by atoms with Gasteiger partial charge in [0.15, 0.2) is 0 Å². The lowest BCUT2D eigenvalue weighted by molar-refractivity contribution is -0.129. The molecule has 0 spiro atoms. The molecule has 1 aliphatic heterocycles. The van der Waals surface area contributed by atoms with Crippen LogP contribution in [0.5, 0.6) is 0 Å². The monoisotopic (exact) mass is 626 g/mol. The standard InChI is InChI=1S/C31H35ClN4O6S/c1-20-14-15-35(36(43(40)41)27-11-7-9-21-8-5-6-10-25(21)27)29(38)26(20)17-28(37)33-19-23-16-24(32)13-12-22(23)18-34-30(39)42-31(2,3)4/h5-13,16H,14-15,17-19H2,1-4H3,(H,33,37)(H,34,39)(H,40,41). The van der Waals surface area contributed by atoms with E-state index < -0.39 is 34.8 Å². The minimum Gasteiger partial charge on any atom is -0.444 e. The van der Waals surface area contributed by atoms with Gasteiger partial charge in [0.1, 0.15) is 5.60 Å². The third kappa shape index (κ3) is 8.13. The van der Waals surface area contributed by atoms with Gasteiger partial charge in [-0.2, -0.15) is 4.41 Å². The molecule has 1 heterocycles. The molecule has 228 valence electrons. The third-order valence-corrected chi connectivity index (χ3v) is 7.77. The molecule has 1 aliphatic rings. The van der Waals surface area contributed by atoms with Crippen LogP contribution in [0, 0.1) is 0 Å². The van der Waals surface area contributed by atoms with Crippen LogP contribution >= 0.6 is 11.6 Å². The largest absolute Gasteiger partial charge is 0.444 e. The lowest BCUT2D eigenvalue weighted by atomic mass is 9.98. The highest BCUT2D eigenvalue weighted by Crippen LogP contribution is 2.32. The molecule has 0 saturated carbocycles. The smallest absolute Gasteiger partial charge is 0.407 e. The van der Waals surface area contributed by atoms with E-state index in [1.165, 1.54) is 5.01 Å². The van der Waals surface area contributed by atoms with Gasteiger partial charge in [-0.1, -0.05) is 59.6 Å². The van der Waals surface area contributed by atoms with Crippen molar-refractivity contribution >= 4 is 57.2 Å². The van der Waals surface area contributed by atoms with Gasteiger partial charge in [0.25, 0.3) is 17.2 Å². The molecular weight excluding hydrogens is 592 g/mol. The first kappa shape index (κ1) is 32.0. The number of nitrogens with one attached hydrogen (secondary N) is 2. The number of hydrazine groups is 1. The maximum absolute atomic E-state index is 13.7. The van der Waals surface area contributed by atoms with Gasteiger partial charge in [-0.05, 0) is 68.8 Å². The quantitative estimate of drug-likeness (QED) is 0.264. The second-order valence-corrected chi connectivity index (χ2v) is 12.4. The predicted octanol–water partition coefficient (Wildman–Crippen LogP) is 5.63. The number of alkyl carbamates (subject to hydrolysis) is 1. The second-order valence-electron chi connectivity index (χ2n) is 11.2. The molecule has 3 amide bonds. The van der Waals surface area contributed by atoms with E-state index in [2.05, 4.69) is 10.6 Å². The van der Waals surface area contributed by atoms with Crippen molar-refractivity contribution in [2.24, 2.45) is 0 Å². The van der Waals surface area contributed by atoms with Crippen LogP contribution in [0.25, 0.3) is 10.8 Å². The minimum absolute atomic E-state index is 0.109. The zero-order valence-corrected chi connectivity index (χ0v) is 26.1. The van der Waals surface area contributed by atoms with E-state index in [-0.39, 0.29) is 31.6 Å². The second kappa shape index (κ2) is 13.6. The van der Waals surface area contributed by atoms with Crippen LogP contribution in [-0.4, -0.2) is 43.8 Å². The summed E-state index contributed by atoms with van der Waals surface area (Å²) in [6.07, 6.45) is -0.349. The van der Waals surface area contributed by atoms with E-state index >= 15 is 0 Å². The Labute approximate surface area is 258 Å². The van der Waals surface area contributed by atoms with Crippen LogP contribution in [0.15, 0.2) is 71.8 Å². The van der Waals surface area contributed by atoms with Crippen molar-refractivity contribution in [3.8, 4) is 0 Å². The maximum Gasteiger partial charge on any atom is 0.407 e. The highest BCUT2D eigenvalue weighted by Gasteiger charge is 2.34. The van der Waals surface area contributed by atoms with Crippen LogP contribution in [0.4, 0.5) is 10.5 Å². The Morgan fingerprint density at radius 2 is 1.74 bits per heavy atom. The third-order valence-electron chi connectivity index (χ3n) is 6.85. The van der Waals surface area contributed by atoms with E-state index in [0.717, 1.165) is 20.9 Å². The normalized spacial score (nSPS) is 14.5. The highest BCUT2D eigenvalue weighted by atomic mass is 35.5. The van der Waals surface area contributed by atoms with E-state index in [0.29, 0.717) is 28.1 Å². The fraction of sp³-hybridized carbons (Fsp3) is 0.323. The summed E-state index contributed by atoms with van der Waals surface area (Å²) in [5, 5.41) is 8.80. The summed E-state index contributed by atoms with van der Waals surface area (Å²) in [6, 6.07) is 17.9. The lowest BCUT2D eigenvalue weighted by Crippen LogP contribution is -2.51. The molecule has 3 aromatic rings. The average molecular weight is 627 g/mol. The van der Waals surface area contributed by atoms with Crippen LogP contribution in [0.3, 0.4) is 0 Å². The van der Waals surface area contributed by atoms with Gasteiger partial charge >= 0.3 is 6.09 Å². The van der Waals surface area contributed by atoms with Crippen LogP contribution in [-0.2, 0) is 38.7 Å². The number of hydrogen-bond donors (Lipinski definition) is 3. The minimum atomic E-state index is -2.55. The molecule has 0 bridgehead atoms. The zero-order chi connectivity index (χ0) is 31.3. The molecule has 0 saturated heterocycles. The number of rotatable bonds is 9. The molecule has 0 radical (unpaired) electrons. The summed E-state index contributed by atoms with van der Waals surface area (Å²) in [6.45, 7) is 7.55. The number of benzene rings is 3. The van der Waals surface area contributed by atoms with Gasteiger partial charge in [0.05, 0.1) is 12.1 Å². The van der Waals surface area contributed by atoms with Crippen LogP contribution < -0.4 is 15.0 Å². The van der Waals surface area contributed by atoms with Gasteiger partial charge in [0, 0.05) is 35.6 Å². The number of anilines is 1. The number of halogens is 1. The first-order chi connectivity index (χ1) is 20.3. The summed E-state index contributed by atoms with van der Waals surface area (Å²) in [7, 11) is 0. The molecule has 0 aliphatic carbocycles. The number of amides is 3. The van der Waals surface area contributed by atoms with Gasteiger partial charge < -0.3 is 15.4 Å². The van der Waals surface area contributed by atoms with Gasteiger partial charge in [-0.3, -0.25) is 14.1 Å². The molecule has 0 fully saturated rings. The molecule has 1 unspecified atom stereocenters. The van der Waals surface area contributed by atoms with Gasteiger partial charge in [-0.25, -0.2) is 14.0 Å². The Morgan fingerprint density at radius 3 is 2.47 bits per heavy atom. The Balaban J connectivity index is 1.46. The maximum atomic E-state index is 13.7. The zero-order valence-electron chi connectivity index (χ0n) is 24.5. The fourth-order valence-corrected chi connectivity index (χ4v) is 5.61. The van der Waals surface area contributed by atoms with Gasteiger partial charge in [-0.15, -0.1) is 0 Å². The SMILES string of the molecule is CC1=C(CC(=O)NCc2cc(Cl)ccc2CNC(=O)OC(C)(C)C)C(=O)N(N(c2cccc3ccccc23)S(=O)O)CC1. The van der Waals surface area contributed by atoms with E-state index in [1.807, 2.05) is 30.3 Å². The molecule has 3 N–H and O–H groups in total. The van der Waals surface area contributed by atoms with Crippen molar-refractivity contribution in [2.45, 2.75) is 59.2 Å². The Morgan fingerprint density at radius 1 is 1.05 bits per heavy atom. The molecule has 10 nitrogen and oxygen atoms in total. The fourth-order valence-electron chi connectivity index (χ4n) is 4.77. The lowest BCUT2D eigenvalue weighted by Gasteiger charge is -2.37. The Bertz CT molecular complexity index is 1600. The average Bonchev–Trinajstić information content (AvgIpc) is 2.94. The molecule has 3 aromatic carbocycles. The molecule has 4 rings (SSSR count). The van der Waals surface area contributed by atoms with Crippen molar-refractivity contribution in [1.82, 2.24) is 15.6 Å². The highest BCUT2D eigenvalue weighted by molar-refractivity contribution is 7.80. The Hall–Kier alpha value is -3.93. The van der Waals surface area contributed by atoms with Crippen molar-refractivity contribution in [2.75, 3.05) is 11.0 Å². The topological polar surface area (TPSA) is 128 Å². The predicted molar refractivity (Wildman–Crippen MR) is 167 cm³/mol. The van der Waals surface area contributed by atoms with Gasteiger partial charge in [0.2, 0.25) is 5.91 Å². The molecule has 0 aromatic heterocycles. The summed E-state index contributed by atoms with van der Waals surface area (Å²) >= 11 is 3.65. The number of hydrogen-bond acceptors (Lipinski definition) is 5. The van der Waals surface area contributed by atoms with Crippen LogP contribution in [0.1, 0.15) is 51.7 Å². The number of carbonyl (C=O) groups excluding carboxylic acids is 3. The number of ether oxygens (including phenoxy) is 1. The number of carbonyl (C=O) groups is 3. The number of nitrogens with zero attached hydrogens (tertiary/aromatic N) is 2. The summed E-state index contributed by atoms with van der Waals surface area (Å²) < 4.78 is 29.2. The van der Waals surface area contributed by atoms with Crippen molar-refractivity contribution in [3.63, 3.8) is 0 Å².